The third-order valence-corrected chi connectivity index (χ3v) is 2.24. The third-order valence-electron chi connectivity index (χ3n) is 2.04. The van der Waals surface area contributed by atoms with Crippen LogP contribution in [0.3, 0.4) is 0 Å². The first-order valence-electron chi connectivity index (χ1n) is 4.69. The summed E-state index contributed by atoms with van der Waals surface area (Å²) in [6, 6.07) is 1.18. The van der Waals surface area contributed by atoms with Crippen LogP contribution < -0.4 is 5.56 Å². The lowest BCUT2D eigenvalue weighted by Gasteiger charge is -2.06. The van der Waals surface area contributed by atoms with Gasteiger partial charge in [-0.15, -0.1) is 0 Å². The van der Waals surface area contributed by atoms with Crippen LogP contribution in [0.15, 0.2) is 17.1 Å². The zero-order valence-corrected chi connectivity index (χ0v) is 9.12. The van der Waals surface area contributed by atoms with E-state index in [1.807, 2.05) is 6.92 Å². The largest absolute Gasteiger partial charge is 0.477 e. The molecule has 0 bridgehead atoms. The molecule has 0 unspecified atom stereocenters. The Hall–Kier alpha value is -1.29. The van der Waals surface area contributed by atoms with Gasteiger partial charge in [-0.1, -0.05) is 24.9 Å². The van der Waals surface area contributed by atoms with Gasteiger partial charge in [0.05, 0.1) is 5.02 Å². The highest BCUT2D eigenvalue weighted by atomic mass is 35.5. The van der Waals surface area contributed by atoms with Gasteiger partial charge in [0.15, 0.2) is 0 Å². The van der Waals surface area contributed by atoms with Crippen LogP contribution in [0.2, 0.25) is 5.02 Å². The number of hydrogen-bond donors (Lipinski definition) is 1. The predicted molar refractivity (Wildman–Crippen MR) is 57.6 cm³/mol. The van der Waals surface area contributed by atoms with E-state index in [1.165, 1.54) is 16.8 Å². The number of pyridine rings is 1. The average Bonchev–Trinajstić information content (AvgIpc) is 2.18. The fourth-order valence-corrected chi connectivity index (χ4v) is 1.47. The van der Waals surface area contributed by atoms with E-state index in [9.17, 15) is 9.59 Å². The third kappa shape index (κ3) is 2.83. The van der Waals surface area contributed by atoms with Crippen molar-refractivity contribution in [3.8, 4) is 0 Å². The van der Waals surface area contributed by atoms with E-state index in [0.717, 1.165) is 12.8 Å². The molecule has 0 fully saturated rings. The second-order valence-electron chi connectivity index (χ2n) is 3.23. The molecule has 82 valence electrons. The summed E-state index contributed by atoms with van der Waals surface area (Å²) in [5.41, 5.74) is -0.779. The van der Waals surface area contributed by atoms with Gasteiger partial charge in [0.25, 0.3) is 5.56 Å². The molecule has 0 radical (unpaired) electrons. The van der Waals surface area contributed by atoms with Crippen LogP contribution in [0.5, 0.6) is 0 Å². The molecule has 1 rings (SSSR count). The monoisotopic (exact) mass is 229 g/mol. The lowest BCUT2D eigenvalue weighted by Crippen LogP contribution is -2.26. The molecule has 0 aliphatic rings. The summed E-state index contributed by atoms with van der Waals surface area (Å²) in [5.74, 6) is -1.24. The lowest BCUT2D eigenvalue weighted by molar-refractivity contribution is 0.0694. The van der Waals surface area contributed by atoms with Gasteiger partial charge in [0.2, 0.25) is 0 Å². The van der Waals surface area contributed by atoms with Crippen LogP contribution >= 0.6 is 11.6 Å². The maximum absolute atomic E-state index is 11.6. The molecule has 1 aromatic rings. The number of hydrogen-bond acceptors (Lipinski definition) is 2. The molecule has 0 aromatic carbocycles. The van der Waals surface area contributed by atoms with Gasteiger partial charge < -0.3 is 9.67 Å². The quantitative estimate of drug-likeness (QED) is 0.859. The van der Waals surface area contributed by atoms with Crippen LogP contribution in [-0.4, -0.2) is 15.6 Å². The van der Waals surface area contributed by atoms with Gasteiger partial charge in [-0.25, -0.2) is 4.79 Å². The minimum Gasteiger partial charge on any atom is -0.477 e. The van der Waals surface area contributed by atoms with Gasteiger partial charge >= 0.3 is 5.97 Å². The number of carbonyl (C=O) groups is 1. The molecule has 1 aromatic heterocycles. The highest BCUT2D eigenvalue weighted by molar-refractivity contribution is 6.30. The molecule has 0 saturated carbocycles. The average molecular weight is 230 g/mol. The highest BCUT2D eigenvalue weighted by Crippen LogP contribution is 2.08. The SMILES string of the molecule is CCCCn1cc(Cl)cc(C(=O)O)c1=O. The number of rotatable bonds is 4. The fourth-order valence-electron chi connectivity index (χ4n) is 1.25. The highest BCUT2D eigenvalue weighted by Gasteiger charge is 2.11. The van der Waals surface area contributed by atoms with E-state index in [-0.39, 0.29) is 10.6 Å². The molecule has 1 heterocycles. The summed E-state index contributed by atoms with van der Waals surface area (Å²) in [7, 11) is 0. The standard InChI is InChI=1S/C10H12ClNO3/c1-2-3-4-12-6-7(11)5-8(9(12)13)10(14)15/h5-6H,2-4H2,1H3,(H,14,15). The topological polar surface area (TPSA) is 59.3 Å². The zero-order chi connectivity index (χ0) is 11.4. The minimum atomic E-state index is -1.24. The van der Waals surface area contributed by atoms with Crippen molar-refractivity contribution in [3.63, 3.8) is 0 Å². The fraction of sp³-hybridized carbons (Fsp3) is 0.400. The maximum atomic E-state index is 11.6. The number of halogens is 1. The van der Waals surface area contributed by atoms with Gasteiger partial charge in [-0.05, 0) is 12.5 Å². The van der Waals surface area contributed by atoms with Crippen molar-refractivity contribution in [3.05, 3.63) is 33.2 Å². The molecule has 5 heteroatoms. The van der Waals surface area contributed by atoms with Gasteiger partial charge in [-0.3, -0.25) is 4.79 Å². The molecule has 15 heavy (non-hydrogen) atoms. The van der Waals surface area contributed by atoms with Gasteiger partial charge in [0.1, 0.15) is 5.56 Å². The smallest absolute Gasteiger partial charge is 0.341 e. The Morgan fingerprint density at radius 2 is 2.27 bits per heavy atom. The molecular weight excluding hydrogens is 218 g/mol. The zero-order valence-electron chi connectivity index (χ0n) is 8.36. The molecule has 0 spiro atoms. The van der Waals surface area contributed by atoms with Crippen molar-refractivity contribution >= 4 is 17.6 Å². The first kappa shape index (κ1) is 11.8. The molecule has 0 amide bonds. The normalized spacial score (nSPS) is 10.3. The number of aryl methyl sites for hydroxylation is 1. The van der Waals surface area contributed by atoms with E-state index in [2.05, 4.69) is 0 Å². The van der Waals surface area contributed by atoms with E-state index in [4.69, 9.17) is 16.7 Å². The number of aromatic nitrogens is 1. The van der Waals surface area contributed by atoms with Crippen LogP contribution in [0, 0.1) is 0 Å². The second kappa shape index (κ2) is 4.98. The van der Waals surface area contributed by atoms with Crippen molar-refractivity contribution in [2.75, 3.05) is 0 Å². The number of unbranched alkanes of at least 4 members (excludes halogenated alkanes) is 1. The van der Waals surface area contributed by atoms with Gasteiger partial charge in [0, 0.05) is 12.7 Å². The minimum absolute atomic E-state index is 0.267. The van der Waals surface area contributed by atoms with Crippen molar-refractivity contribution in [2.24, 2.45) is 0 Å². The number of aromatic carboxylic acids is 1. The molecule has 4 nitrogen and oxygen atoms in total. The Labute approximate surface area is 92.1 Å². The van der Waals surface area contributed by atoms with Crippen LogP contribution in [-0.2, 0) is 6.54 Å². The van der Waals surface area contributed by atoms with E-state index >= 15 is 0 Å². The molecule has 1 N–H and O–H groups in total. The number of carboxylic acid groups (broad SMARTS) is 1. The summed E-state index contributed by atoms with van der Waals surface area (Å²) in [5, 5.41) is 9.03. The summed E-state index contributed by atoms with van der Waals surface area (Å²) in [4.78, 5) is 22.3. The summed E-state index contributed by atoms with van der Waals surface area (Å²) in [6.07, 6.45) is 3.21. The Bertz CT molecular complexity index is 425. The van der Waals surface area contributed by atoms with E-state index < -0.39 is 11.5 Å². The van der Waals surface area contributed by atoms with Crippen molar-refractivity contribution in [1.29, 1.82) is 0 Å². The Morgan fingerprint density at radius 1 is 1.60 bits per heavy atom. The van der Waals surface area contributed by atoms with Crippen LogP contribution in [0.1, 0.15) is 30.1 Å². The lowest BCUT2D eigenvalue weighted by atomic mass is 10.2. The summed E-state index contributed by atoms with van der Waals surface area (Å²) < 4.78 is 1.34. The maximum Gasteiger partial charge on any atom is 0.341 e. The molecule has 0 aliphatic heterocycles. The van der Waals surface area contributed by atoms with Crippen molar-refractivity contribution < 1.29 is 9.90 Å². The second-order valence-corrected chi connectivity index (χ2v) is 3.67. The van der Waals surface area contributed by atoms with Crippen molar-refractivity contribution in [1.82, 2.24) is 4.57 Å². The summed E-state index contributed by atoms with van der Waals surface area (Å²) >= 11 is 5.72. The van der Waals surface area contributed by atoms with Gasteiger partial charge in [-0.2, -0.15) is 0 Å². The van der Waals surface area contributed by atoms with E-state index in [1.54, 1.807) is 0 Å². The molecule has 0 saturated heterocycles. The van der Waals surface area contributed by atoms with Crippen LogP contribution in [0.4, 0.5) is 0 Å². The van der Waals surface area contributed by atoms with Crippen LogP contribution in [0.25, 0.3) is 0 Å². The number of nitrogens with zero attached hydrogens (tertiary/aromatic N) is 1. The molecule has 0 atom stereocenters. The Morgan fingerprint density at radius 3 is 2.80 bits per heavy atom. The predicted octanol–water partition coefficient (Wildman–Crippen LogP) is 2.00. The number of carboxylic acids is 1. The van der Waals surface area contributed by atoms with E-state index in [0.29, 0.717) is 6.54 Å². The van der Waals surface area contributed by atoms with Crippen molar-refractivity contribution in [2.45, 2.75) is 26.3 Å². The first-order valence-corrected chi connectivity index (χ1v) is 5.07. The Kier molecular flexibility index (Phi) is 3.91. The Balaban J connectivity index is 3.17. The first-order chi connectivity index (χ1) is 7.06. The molecule has 0 aliphatic carbocycles. The molecular formula is C10H12ClNO3. The summed E-state index contributed by atoms with van der Waals surface area (Å²) in [6.45, 7) is 2.49.